The van der Waals surface area contributed by atoms with E-state index in [1.807, 2.05) is 20.8 Å². The van der Waals surface area contributed by atoms with Gasteiger partial charge in [0.1, 0.15) is 0 Å². The van der Waals surface area contributed by atoms with Gasteiger partial charge in [-0.3, -0.25) is 0 Å². The van der Waals surface area contributed by atoms with Crippen LogP contribution in [0.1, 0.15) is 20.8 Å². The minimum absolute atomic E-state index is 0.162. The van der Waals surface area contributed by atoms with Gasteiger partial charge in [-0.25, -0.2) is 0 Å². The molecule has 1 atom stereocenters. The predicted octanol–water partition coefficient (Wildman–Crippen LogP) is 0.335. The zero-order chi connectivity index (χ0) is 8.41. The van der Waals surface area contributed by atoms with Crippen molar-refractivity contribution < 1.29 is 4.74 Å². The lowest BCUT2D eigenvalue weighted by Crippen LogP contribution is -2.25. The molecular weight excluding hydrogens is 128 g/mol. The molecule has 0 aromatic carbocycles. The Morgan fingerprint density at radius 3 is 1.60 bits per heavy atom. The smallest absolute Gasteiger partial charge is 0.0437 e. The fraction of sp³-hybridized carbons (Fsp3) is 1.00. The first-order valence-corrected chi connectivity index (χ1v) is 3.72. The standard InChI is InChI=1S/C4H10O.C3H10N2/c1-3-5-4-2;1-3(5)2-4/h3-4H2,1-2H3;3H,2,4-5H2,1H3. The third kappa shape index (κ3) is 24.8. The van der Waals surface area contributed by atoms with Crippen molar-refractivity contribution in [1.29, 1.82) is 0 Å². The van der Waals surface area contributed by atoms with Crippen LogP contribution < -0.4 is 11.5 Å². The van der Waals surface area contributed by atoms with E-state index in [1.54, 1.807) is 0 Å². The van der Waals surface area contributed by atoms with E-state index in [-0.39, 0.29) is 6.04 Å². The second-order valence-electron chi connectivity index (χ2n) is 1.99. The number of nitrogens with two attached hydrogens (primary N) is 2. The summed E-state index contributed by atoms with van der Waals surface area (Å²) in [6, 6.07) is 0.162. The summed E-state index contributed by atoms with van der Waals surface area (Å²) in [4.78, 5) is 0. The molecule has 0 aliphatic heterocycles. The summed E-state index contributed by atoms with van der Waals surface area (Å²) in [5.74, 6) is 0. The second-order valence-corrected chi connectivity index (χ2v) is 1.99. The first-order chi connectivity index (χ1) is 4.68. The number of ether oxygens (including phenoxy) is 1. The minimum atomic E-state index is 0.162. The molecule has 0 aliphatic rings. The Bertz CT molecular complexity index is 46.9. The number of hydrogen-bond acceptors (Lipinski definition) is 3. The van der Waals surface area contributed by atoms with Crippen LogP contribution in [0.4, 0.5) is 0 Å². The molecule has 0 rings (SSSR count). The van der Waals surface area contributed by atoms with Crippen molar-refractivity contribution in [2.24, 2.45) is 11.5 Å². The van der Waals surface area contributed by atoms with E-state index in [0.717, 1.165) is 13.2 Å². The molecule has 0 radical (unpaired) electrons. The maximum atomic E-state index is 5.17. The van der Waals surface area contributed by atoms with Crippen LogP contribution in [-0.2, 0) is 4.74 Å². The summed E-state index contributed by atoms with van der Waals surface area (Å²) >= 11 is 0. The van der Waals surface area contributed by atoms with Crippen molar-refractivity contribution in [3.63, 3.8) is 0 Å². The largest absolute Gasteiger partial charge is 0.382 e. The van der Waals surface area contributed by atoms with Crippen LogP contribution in [0.2, 0.25) is 0 Å². The predicted molar refractivity (Wildman–Crippen MR) is 44.9 cm³/mol. The van der Waals surface area contributed by atoms with Crippen LogP contribution in [0.5, 0.6) is 0 Å². The van der Waals surface area contributed by atoms with E-state index in [2.05, 4.69) is 0 Å². The van der Waals surface area contributed by atoms with Gasteiger partial charge in [-0.05, 0) is 20.8 Å². The molecular formula is C7H20N2O. The molecule has 10 heavy (non-hydrogen) atoms. The molecule has 0 aliphatic carbocycles. The molecule has 0 heterocycles. The molecule has 64 valence electrons. The van der Waals surface area contributed by atoms with Crippen LogP contribution in [0.15, 0.2) is 0 Å². The van der Waals surface area contributed by atoms with Crippen LogP contribution >= 0.6 is 0 Å². The molecule has 0 bridgehead atoms. The Morgan fingerprint density at radius 2 is 1.60 bits per heavy atom. The second kappa shape index (κ2) is 11.6. The average Bonchev–Trinajstić information content (AvgIpc) is 1.91. The van der Waals surface area contributed by atoms with E-state index in [1.165, 1.54) is 0 Å². The van der Waals surface area contributed by atoms with Gasteiger partial charge in [0.25, 0.3) is 0 Å². The van der Waals surface area contributed by atoms with Crippen LogP contribution in [0.25, 0.3) is 0 Å². The van der Waals surface area contributed by atoms with E-state index >= 15 is 0 Å². The van der Waals surface area contributed by atoms with Crippen molar-refractivity contribution in [2.75, 3.05) is 19.8 Å². The lowest BCUT2D eigenvalue weighted by molar-refractivity contribution is 0.162. The van der Waals surface area contributed by atoms with Crippen molar-refractivity contribution in [3.8, 4) is 0 Å². The van der Waals surface area contributed by atoms with Crippen LogP contribution in [0.3, 0.4) is 0 Å². The topological polar surface area (TPSA) is 61.3 Å². The van der Waals surface area contributed by atoms with Gasteiger partial charge in [0.15, 0.2) is 0 Å². The summed E-state index contributed by atoms with van der Waals surface area (Å²) in [6.45, 7) is 8.12. The number of hydrogen-bond donors (Lipinski definition) is 2. The molecule has 1 unspecified atom stereocenters. The summed E-state index contributed by atoms with van der Waals surface area (Å²) in [5, 5.41) is 0. The molecule has 4 N–H and O–H groups in total. The third-order valence-corrected chi connectivity index (χ3v) is 0.780. The highest BCUT2D eigenvalue weighted by Crippen LogP contribution is 1.64. The Kier molecular flexibility index (Phi) is 14.6. The molecule has 3 heteroatoms. The molecule has 0 amide bonds. The fourth-order valence-corrected chi connectivity index (χ4v) is 0.204. The molecule has 0 saturated heterocycles. The van der Waals surface area contributed by atoms with E-state index in [9.17, 15) is 0 Å². The molecule has 0 saturated carbocycles. The van der Waals surface area contributed by atoms with E-state index in [4.69, 9.17) is 16.2 Å². The Hall–Kier alpha value is -0.120. The van der Waals surface area contributed by atoms with Crippen LogP contribution in [0, 0.1) is 0 Å². The normalized spacial score (nSPS) is 11.7. The lowest BCUT2D eigenvalue weighted by atomic mass is 10.4. The minimum Gasteiger partial charge on any atom is -0.382 e. The SMILES string of the molecule is CC(N)CN.CCOCC. The van der Waals surface area contributed by atoms with Gasteiger partial charge in [0, 0.05) is 25.8 Å². The van der Waals surface area contributed by atoms with Gasteiger partial charge in [0.2, 0.25) is 0 Å². The monoisotopic (exact) mass is 148 g/mol. The van der Waals surface area contributed by atoms with E-state index in [0.29, 0.717) is 6.54 Å². The van der Waals surface area contributed by atoms with Crippen molar-refractivity contribution >= 4 is 0 Å². The average molecular weight is 148 g/mol. The summed E-state index contributed by atoms with van der Waals surface area (Å²) in [5.41, 5.74) is 10.2. The van der Waals surface area contributed by atoms with Gasteiger partial charge in [-0.2, -0.15) is 0 Å². The summed E-state index contributed by atoms with van der Waals surface area (Å²) in [7, 11) is 0. The van der Waals surface area contributed by atoms with Gasteiger partial charge >= 0.3 is 0 Å². The molecule has 0 aromatic heterocycles. The number of rotatable bonds is 3. The molecule has 0 aromatic rings. The highest BCUT2D eigenvalue weighted by atomic mass is 16.5. The molecule has 3 nitrogen and oxygen atoms in total. The zero-order valence-corrected chi connectivity index (χ0v) is 7.26. The van der Waals surface area contributed by atoms with E-state index < -0.39 is 0 Å². The highest BCUT2D eigenvalue weighted by molar-refractivity contribution is 4.48. The van der Waals surface area contributed by atoms with Crippen molar-refractivity contribution in [2.45, 2.75) is 26.8 Å². The van der Waals surface area contributed by atoms with Crippen LogP contribution in [-0.4, -0.2) is 25.8 Å². The Balaban J connectivity index is 0. The zero-order valence-electron chi connectivity index (χ0n) is 7.26. The lowest BCUT2D eigenvalue weighted by Gasteiger charge is -1.92. The fourth-order valence-electron chi connectivity index (χ4n) is 0.204. The molecule has 0 spiro atoms. The maximum absolute atomic E-state index is 5.17. The van der Waals surface area contributed by atoms with Gasteiger partial charge in [-0.15, -0.1) is 0 Å². The third-order valence-electron chi connectivity index (χ3n) is 0.780. The van der Waals surface area contributed by atoms with Gasteiger partial charge in [-0.1, -0.05) is 0 Å². The van der Waals surface area contributed by atoms with Gasteiger partial charge < -0.3 is 16.2 Å². The Labute approximate surface area is 63.7 Å². The summed E-state index contributed by atoms with van der Waals surface area (Å²) in [6.07, 6.45) is 0. The highest BCUT2D eigenvalue weighted by Gasteiger charge is 1.79. The van der Waals surface area contributed by atoms with Gasteiger partial charge in [0.05, 0.1) is 0 Å². The Morgan fingerprint density at radius 1 is 1.30 bits per heavy atom. The first kappa shape index (κ1) is 12.5. The van der Waals surface area contributed by atoms with Crippen molar-refractivity contribution in [3.05, 3.63) is 0 Å². The quantitative estimate of drug-likeness (QED) is 0.606. The maximum Gasteiger partial charge on any atom is 0.0437 e. The van der Waals surface area contributed by atoms with Crippen molar-refractivity contribution in [1.82, 2.24) is 0 Å². The summed E-state index contributed by atoms with van der Waals surface area (Å²) < 4.78 is 4.83. The molecule has 0 fully saturated rings. The first-order valence-electron chi connectivity index (χ1n) is 3.72.